The molecule has 0 fully saturated rings. The molecule has 9 heteroatoms. The predicted molar refractivity (Wildman–Crippen MR) is 63.7 cm³/mol. The largest absolute Gasteiger partial charge is 0.475 e. The highest BCUT2D eigenvalue weighted by Crippen LogP contribution is 2.12. The van der Waals surface area contributed by atoms with Gasteiger partial charge in [0, 0.05) is 18.3 Å². The number of aromatic nitrogens is 3. The standard InChI is InChI=1S/C10H7N5O4/c16-9(17)8-12-10(14-13-8)11-5-6-2-1-3-7(4-6)15(18)19/h1-5H,(H,16,17)(H,12,13,14). The van der Waals surface area contributed by atoms with Gasteiger partial charge in [-0.25, -0.2) is 9.79 Å². The summed E-state index contributed by atoms with van der Waals surface area (Å²) in [6.45, 7) is 0. The van der Waals surface area contributed by atoms with Crippen molar-refractivity contribution in [1.29, 1.82) is 0 Å². The van der Waals surface area contributed by atoms with Crippen LogP contribution < -0.4 is 0 Å². The summed E-state index contributed by atoms with van der Waals surface area (Å²) < 4.78 is 0. The van der Waals surface area contributed by atoms with Crippen LogP contribution in [0.2, 0.25) is 0 Å². The molecule has 2 rings (SSSR count). The van der Waals surface area contributed by atoms with Crippen LogP contribution in [0.3, 0.4) is 0 Å². The van der Waals surface area contributed by atoms with Crippen LogP contribution in [0.15, 0.2) is 29.3 Å². The maximum absolute atomic E-state index is 10.6. The number of hydrogen-bond donors (Lipinski definition) is 2. The second kappa shape index (κ2) is 5.04. The third-order valence-corrected chi connectivity index (χ3v) is 2.09. The van der Waals surface area contributed by atoms with E-state index in [1.807, 2.05) is 0 Å². The number of aromatic amines is 1. The van der Waals surface area contributed by atoms with Crippen molar-refractivity contribution in [3.05, 3.63) is 45.8 Å². The number of hydrogen-bond acceptors (Lipinski definition) is 6. The number of H-pyrrole nitrogens is 1. The number of nitro benzene ring substituents is 1. The zero-order valence-electron chi connectivity index (χ0n) is 9.35. The Kier molecular flexibility index (Phi) is 3.28. The SMILES string of the molecule is O=C(O)c1nc(N=Cc2cccc([N+](=O)[O-])c2)n[nH]1. The van der Waals surface area contributed by atoms with E-state index in [0.29, 0.717) is 5.56 Å². The molecule has 96 valence electrons. The zero-order chi connectivity index (χ0) is 13.8. The molecule has 0 saturated heterocycles. The second-order valence-electron chi connectivity index (χ2n) is 3.40. The van der Waals surface area contributed by atoms with Crippen LogP contribution in [0.1, 0.15) is 16.2 Å². The third-order valence-electron chi connectivity index (χ3n) is 2.09. The van der Waals surface area contributed by atoms with Crippen molar-refractivity contribution in [2.24, 2.45) is 4.99 Å². The molecule has 0 atom stereocenters. The average Bonchev–Trinajstić information content (AvgIpc) is 2.85. The Bertz CT molecular complexity index is 663. The molecule has 0 aliphatic rings. The molecule has 0 radical (unpaired) electrons. The van der Waals surface area contributed by atoms with Crippen molar-refractivity contribution < 1.29 is 14.8 Å². The molecule has 0 spiro atoms. The first-order chi connectivity index (χ1) is 9.06. The molecule has 0 aliphatic heterocycles. The lowest BCUT2D eigenvalue weighted by Gasteiger charge is -1.92. The molecule has 0 amide bonds. The normalized spacial score (nSPS) is 10.7. The Balaban J connectivity index is 2.19. The number of rotatable bonds is 4. The van der Waals surface area contributed by atoms with Gasteiger partial charge in [0.1, 0.15) is 0 Å². The van der Waals surface area contributed by atoms with Crippen molar-refractivity contribution >= 4 is 23.8 Å². The van der Waals surface area contributed by atoms with E-state index in [4.69, 9.17) is 5.11 Å². The van der Waals surface area contributed by atoms with Crippen molar-refractivity contribution in [1.82, 2.24) is 15.2 Å². The lowest BCUT2D eigenvalue weighted by Crippen LogP contribution is -1.98. The van der Waals surface area contributed by atoms with Crippen LogP contribution >= 0.6 is 0 Å². The van der Waals surface area contributed by atoms with Gasteiger partial charge in [-0.2, -0.15) is 4.98 Å². The minimum atomic E-state index is -1.25. The molecular weight excluding hydrogens is 254 g/mol. The van der Waals surface area contributed by atoms with Gasteiger partial charge in [0.2, 0.25) is 5.82 Å². The van der Waals surface area contributed by atoms with E-state index in [1.165, 1.54) is 24.4 Å². The smallest absolute Gasteiger partial charge is 0.373 e. The van der Waals surface area contributed by atoms with Crippen LogP contribution in [0.5, 0.6) is 0 Å². The molecule has 19 heavy (non-hydrogen) atoms. The minimum Gasteiger partial charge on any atom is -0.475 e. The molecular formula is C10H7N5O4. The summed E-state index contributed by atoms with van der Waals surface area (Å²) in [5.74, 6) is -1.64. The van der Waals surface area contributed by atoms with Crippen LogP contribution in [0.25, 0.3) is 0 Å². The van der Waals surface area contributed by atoms with Gasteiger partial charge in [-0.3, -0.25) is 15.2 Å². The number of nitro groups is 1. The highest BCUT2D eigenvalue weighted by Gasteiger charge is 2.08. The fraction of sp³-hybridized carbons (Fsp3) is 0. The van der Waals surface area contributed by atoms with Gasteiger partial charge in [-0.1, -0.05) is 12.1 Å². The van der Waals surface area contributed by atoms with E-state index >= 15 is 0 Å². The molecule has 0 aliphatic carbocycles. The van der Waals surface area contributed by atoms with Gasteiger partial charge < -0.3 is 5.11 Å². The van der Waals surface area contributed by atoms with Crippen LogP contribution in [-0.4, -0.2) is 37.4 Å². The van der Waals surface area contributed by atoms with Gasteiger partial charge in [-0.05, 0) is 5.56 Å². The second-order valence-corrected chi connectivity index (χ2v) is 3.40. The van der Waals surface area contributed by atoms with E-state index in [0.717, 1.165) is 0 Å². The fourth-order valence-corrected chi connectivity index (χ4v) is 1.26. The Hall–Kier alpha value is -3.10. The van der Waals surface area contributed by atoms with E-state index in [9.17, 15) is 14.9 Å². The third kappa shape index (κ3) is 2.97. The van der Waals surface area contributed by atoms with Gasteiger partial charge in [0.25, 0.3) is 11.6 Å². The molecule has 0 saturated carbocycles. The minimum absolute atomic E-state index is 0.0647. The predicted octanol–water partition coefficient (Wildman–Crippen LogP) is 1.16. The van der Waals surface area contributed by atoms with Gasteiger partial charge in [0.15, 0.2) is 0 Å². The van der Waals surface area contributed by atoms with Gasteiger partial charge in [-0.15, -0.1) is 5.10 Å². The molecule has 9 nitrogen and oxygen atoms in total. The first-order valence-corrected chi connectivity index (χ1v) is 5.00. The van der Waals surface area contributed by atoms with E-state index < -0.39 is 10.9 Å². The summed E-state index contributed by atoms with van der Waals surface area (Å²) in [7, 11) is 0. The first-order valence-electron chi connectivity index (χ1n) is 5.00. The van der Waals surface area contributed by atoms with Crippen LogP contribution in [0.4, 0.5) is 11.6 Å². The molecule has 0 unspecified atom stereocenters. The number of nitrogens with zero attached hydrogens (tertiary/aromatic N) is 4. The topological polar surface area (TPSA) is 134 Å². The van der Waals surface area contributed by atoms with Gasteiger partial charge >= 0.3 is 5.97 Å². The summed E-state index contributed by atoms with van der Waals surface area (Å²) in [4.78, 5) is 28.0. The van der Waals surface area contributed by atoms with Crippen LogP contribution in [0, 0.1) is 10.1 Å². The molecule has 0 bridgehead atoms. The Morgan fingerprint density at radius 3 is 2.95 bits per heavy atom. The maximum atomic E-state index is 10.6. The van der Waals surface area contributed by atoms with Crippen molar-refractivity contribution in [2.45, 2.75) is 0 Å². The lowest BCUT2D eigenvalue weighted by atomic mass is 10.2. The van der Waals surface area contributed by atoms with Crippen molar-refractivity contribution in [3.8, 4) is 0 Å². The quantitative estimate of drug-likeness (QED) is 0.481. The number of carboxylic acid groups (broad SMARTS) is 1. The Morgan fingerprint density at radius 2 is 2.32 bits per heavy atom. The molecule has 2 N–H and O–H groups in total. The Labute approximate surface area is 105 Å². The molecule has 2 aromatic rings. The summed E-state index contributed by atoms with van der Waals surface area (Å²) in [5, 5.41) is 24.9. The number of carbonyl (C=O) groups is 1. The van der Waals surface area contributed by atoms with E-state index in [2.05, 4.69) is 20.2 Å². The van der Waals surface area contributed by atoms with Gasteiger partial charge in [0.05, 0.1) is 4.92 Å². The first kappa shape index (κ1) is 12.4. The van der Waals surface area contributed by atoms with Crippen LogP contribution in [-0.2, 0) is 0 Å². The van der Waals surface area contributed by atoms with Crippen molar-refractivity contribution in [2.75, 3.05) is 0 Å². The number of aliphatic imine (C=N–C) groups is 1. The summed E-state index contributed by atoms with van der Waals surface area (Å²) in [6, 6.07) is 5.81. The highest BCUT2D eigenvalue weighted by molar-refractivity contribution is 5.84. The molecule has 1 heterocycles. The molecule has 1 aromatic carbocycles. The number of aromatic carboxylic acids is 1. The average molecular weight is 261 g/mol. The maximum Gasteiger partial charge on any atom is 0.373 e. The number of carboxylic acids is 1. The summed E-state index contributed by atoms with van der Waals surface area (Å²) >= 11 is 0. The highest BCUT2D eigenvalue weighted by atomic mass is 16.6. The number of nitrogens with one attached hydrogen (secondary N) is 1. The Morgan fingerprint density at radius 1 is 1.53 bits per heavy atom. The lowest BCUT2D eigenvalue weighted by molar-refractivity contribution is -0.384. The summed E-state index contributed by atoms with van der Waals surface area (Å²) in [6.07, 6.45) is 1.31. The monoisotopic (exact) mass is 261 g/mol. The fourth-order valence-electron chi connectivity index (χ4n) is 1.26. The number of benzene rings is 1. The molecule has 1 aromatic heterocycles. The van der Waals surface area contributed by atoms with Crippen molar-refractivity contribution in [3.63, 3.8) is 0 Å². The zero-order valence-corrected chi connectivity index (χ0v) is 9.35. The summed E-state index contributed by atoms with van der Waals surface area (Å²) in [5.41, 5.74) is 0.418. The van der Waals surface area contributed by atoms with E-state index in [1.54, 1.807) is 6.07 Å². The van der Waals surface area contributed by atoms with E-state index in [-0.39, 0.29) is 17.5 Å². The number of non-ortho nitro benzene ring substituents is 1.